The van der Waals surface area contributed by atoms with Crippen molar-refractivity contribution in [2.24, 2.45) is 0 Å². The van der Waals surface area contributed by atoms with Gasteiger partial charge in [-0.25, -0.2) is 0 Å². The van der Waals surface area contributed by atoms with Crippen molar-refractivity contribution in [3.63, 3.8) is 0 Å². The number of carbonyl (C=O) groups is 1. The summed E-state index contributed by atoms with van der Waals surface area (Å²) in [6.45, 7) is 0.804. The first kappa shape index (κ1) is 9.27. The third-order valence-electron chi connectivity index (χ3n) is 2.40. The van der Waals surface area contributed by atoms with E-state index in [1.54, 1.807) is 6.20 Å². The van der Waals surface area contributed by atoms with Crippen LogP contribution in [0.3, 0.4) is 0 Å². The zero-order valence-electron chi connectivity index (χ0n) is 7.82. The van der Waals surface area contributed by atoms with E-state index in [1.807, 2.05) is 6.07 Å². The molecule has 1 aromatic rings. The van der Waals surface area contributed by atoms with Gasteiger partial charge in [-0.1, -0.05) is 0 Å². The highest BCUT2D eigenvalue weighted by molar-refractivity contribution is 5.70. The van der Waals surface area contributed by atoms with E-state index >= 15 is 0 Å². The van der Waals surface area contributed by atoms with E-state index in [0.29, 0.717) is 0 Å². The van der Waals surface area contributed by atoms with Crippen LogP contribution < -0.4 is 0 Å². The van der Waals surface area contributed by atoms with Gasteiger partial charge in [0.1, 0.15) is 0 Å². The average molecular weight is 195 g/mol. The number of aromatic amines is 1. The van der Waals surface area contributed by atoms with Crippen LogP contribution in [0.25, 0.3) is 0 Å². The van der Waals surface area contributed by atoms with Gasteiger partial charge in [-0.2, -0.15) is 0 Å². The quantitative estimate of drug-likeness (QED) is 0.768. The van der Waals surface area contributed by atoms with Crippen LogP contribution in [0.1, 0.15) is 30.2 Å². The maximum Gasteiger partial charge on any atom is 0.307 e. The number of ether oxygens (including phenoxy) is 1. The summed E-state index contributed by atoms with van der Waals surface area (Å²) in [5.74, 6) is -0.803. The van der Waals surface area contributed by atoms with E-state index in [4.69, 9.17) is 9.84 Å². The average Bonchev–Trinajstić information content (AvgIpc) is 2.69. The second-order valence-corrected chi connectivity index (χ2v) is 3.54. The van der Waals surface area contributed by atoms with Crippen molar-refractivity contribution < 1.29 is 14.6 Å². The van der Waals surface area contributed by atoms with Crippen LogP contribution >= 0.6 is 0 Å². The highest BCUT2D eigenvalue weighted by atomic mass is 16.5. The summed E-state index contributed by atoms with van der Waals surface area (Å²) in [5, 5.41) is 8.60. The SMILES string of the molecule is O=C(O)Cc1c[nH]c(C2CCCO2)c1. The summed E-state index contributed by atoms with van der Waals surface area (Å²) in [6, 6.07) is 1.88. The first-order chi connectivity index (χ1) is 6.75. The zero-order valence-corrected chi connectivity index (χ0v) is 7.82. The molecule has 0 radical (unpaired) electrons. The smallest absolute Gasteiger partial charge is 0.307 e. The molecule has 2 heterocycles. The van der Waals surface area contributed by atoms with Gasteiger partial charge in [-0.05, 0) is 24.5 Å². The fourth-order valence-corrected chi connectivity index (χ4v) is 1.74. The van der Waals surface area contributed by atoms with Crippen molar-refractivity contribution in [3.05, 3.63) is 23.5 Å². The lowest BCUT2D eigenvalue weighted by Crippen LogP contribution is -1.98. The van der Waals surface area contributed by atoms with Crippen molar-refractivity contribution in [1.82, 2.24) is 4.98 Å². The summed E-state index contributed by atoms with van der Waals surface area (Å²) in [6.07, 6.45) is 4.05. The number of hydrogen-bond acceptors (Lipinski definition) is 2. The zero-order chi connectivity index (χ0) is 9.97. The Bertz CT molecular complexity index is 326. The van der Waals surface area contributed by atoms with E-state index < -0.39 is 5.97 Å². The van der Waals surface area contributed by atoms with E-state index in [9.17, 15) is 4.79 Å². The van der Waals surface area contributed by atoms with Gasteiger partial charge in [0, 0.05) is 18.5 Å². The van der Waals surface area contributed by atoms with Gasteiger partial charge in [0.25, 0.3) is 0 Å². The lowest BCUT2D eigenvalue weighted by Gasteiger charge is -2.05. The number of aromatic nitrogens is 1. The number of hydrogen-bond donors (Lipinski definition) is 2. The van der Waals surface area contributed by atoms with E-state index in [0.717, 1.165) is 30.7 Å². The van der Waals surface area contributed by atoms with Crippen molar-refractivity contribution in [2.45, 2.75) is 25.4 Å². The molecule has 1 aromatic heterocycles. The number of rotatable bonds is 3. The largest absolute Gasteiger partial charge is 0.481 e. The van der Waals surface area contributed by atoms with E-state index in [2.05, 4.69) is 4.98 Å². The highest BCUT2D eigenvalue weighted by Crippen LogP contribution is 2.27. The van der Waals surface area contributed by atoms with Gasteiger partial charge in [-0.3, -0.25) is 4.79 Å². The normalized spacial score (nSPS) is 21.3. The molecule has 4 heteroatoms. The first-order valence-corrected chi connectivity index (χ1v) is 4.76. The van der Waals surface area contributed by atoms with Crippen molar-refractivity contribution >= 4 is 5.97 Å². The molecule has 1 saturated heterocycles. The molecule has 1 aliphatic heterocycles. The summed E-state index contributed by atoms with van der Waals surface area (Å²) in [5.41, 5.74) is 1.81. The number of nitrogens with one attached hydrogen (secondary N) is 1. The molecule has 76 valence electrons. The van der Waals surface area contributed by atoms with Gasteiger partial charge in [0.2, 0.25) is 0 Å². The summed E-state index contributed by atoms with van der Waals surface area (Å²) in [7, 11) is 0. The molecule has 0 amide bonds. The topological polar surface area (TPSA) is 62.3 Å². The second kappa shape index (κ2) is 3.84. The second-order valence-electron chi connectivity index (χ2n) is 3.54. The highest BCUT2D eigenvalue weighted by Gasteiger charge is 2.19. The van der Waals surface area contributed by atoms with Gasteiger partial charge < -0.3 is 14.8 Å². The molecule has 0 aliphatic carbocycles. The Balaban J connectivity index is 2.05. The molecule has 2 N–H and O–H groups in total. The number of carboxylic acids is 1. The van der Waals surface area contributed by atoms with E-state index in [1.165, 1.54) is 0 Å². The first-order valence-electron chi connectivity index (χ1n) is 4.76. The lowest BCUT2D eigenvalue weighted by molar-refractivity contribution is -0.136. The molecule has 1 atom stereocenters. The number of carboxylic acid groups (broad SMARTS) is 1. The minimum absolute atomic E-state index is 0.0726. The predicted molar refractivity (Wildman–Crippen MR) is 50.1 cm³/mol. The maximum atomic E-state index is 10.5. The summed E-state index contributed by atoms with van der Waals surface area (Å²) in [4.78, 5) is 13.5. The number of aliphatic carboxylic acids is 1. The maximum absolute atomic E-state index is 10.5. The Morgan fingerprint density at radius 2 is 2.57 bits per heavy atom. The molecular formula is C10H13NO3. The predicted octanol–water partition coefficient (Wildman–Crippen LogP) is 1.49. The molecule has 0 spiro atoms. The summed E-state index contributed by atoms with van der Waals surface area (Å²) < 4.78 is 5.48. The van der Waals surface area contributed by atoms with Gasteiger partial charge in [0.15, 0.2) is 0 Å². The van der Waals surface area contributed by atoms with Crippen molar-refractivity contribution in [1.29, 1.82) is 0 Å². The van der Waals surface area contributed by atoms with Crippen LogP contribution in [0.15, 0.2) is 12.3 Å². The van der Waals surface area contributed by atoms with Gasteiger partial charge in [0.05, 0.1) is 12.5 Å². The fourth-order valence-electron chi connectivity index (χ4n) is 1.74. The molecule has 0 saturated carbocycles. The summed E-state index contributed by atoms with van der Waals surface area (Å²) >= 11 is 0. The molecule has 0 aromatic carbocycles. The number of H-pyrrole nitrogens is 1. The van der Waals surface area contributed by atoms with Crippen LogP contribution in [-0.4, -0.2) is 22.7 Å². The van der Waals surface area contributed by atoms with Crippen molar-refractivity contribution in [2.75, 3.05) is 6.61 Å². The standard InChI is InChI=1S/C10H13NO3/c12-10(13)5-7-4-8(11-6-7)9-2-1-3-14-9/h4,6,9,11H,1-3,5H2,(H,12,13). The minimum Gasteiger partial charge on any atom is -0.481 e. The van der Waals surface area contributed by atoms with Crippen LogP contribution in [0.4, 0.5) is 0 Å². The molecule has 1 aliphatic rings. The Labute approximate surface area is 81.9 Å². The Kier molecular flexibility index (Phi) is 2.54. The monoisotopic (exact) mass is 195 g/mol. The van der Waals surface area contributed by atoms with Crippen molar-refractivity contribution in [3.8, 4) is 0 Å². The third kappa shape index (κ3) is 1.96. The van der Waals surface area contributed by atoms with Crippen LogP contribution in [0.5, 0.6) is 0 Å². The van der Waals surface area contributed by atoms with Gasteiger partial charge in [-0.15, -0.1) is 0 Å². The van der Waals surface area contributed by atoms with Gasteiger partial charge >= 0.3 is 5.97 Å². The molecule has 14 heavy (non-hydrogen) atoms. The molecule has 1 unspecified atom stereocenters. The van der Waals surface area contributed by atoms with Crippen LogP contribution in [-0.2, 0) is 16.0 Å². The molecule has 0 bridgehead atoms. The molecule has 2 rings (SSSR count). The third-order valence-corrected chi connectivity index (χ3v) is 2.40. The molecule has 1 fully saturated rings. The van der Waals surface area contributed by atoms with Crippen LogP contribution in [0, 0.1) is 0 Å². The molecule has 4 nitrogen and oxygen atoms in total. The lowest BCUT2D eigenvalue weighted by atomic mass is 10.1. The fraction of sp³-hybridized carbons (Fsp3) is 0.500. The van der Waals surface area contributed by atoms with Crippen LogP contribution in [0.2, 0.25) is 0 Å². The minimum atomic E-state index is -0.803. The Morgan fingerprint density at radius 1 is 1.71 bits per heavy atom. The molecular weight excluding hydrogens is 182 g/mol. The Morgan fingerprint density at radius 3 is 3.21 bits per heavy atom. The van der Waals surface area contributed by atoms with E-state index in [-0.39, 0.29) is 12.5 Å². The Hall–Kier alpha value is -1.29.